The van der Waals surface area contributed by atoms with E-state index in [0.717, 1.165) is 30.7 Å². The Morgan fingerprint density at radius 1 is 1.43 bits per heavy atom. The zero-order chi connectivity index (χ0) is 15.8. The van der Waals surface area contributed by atoms with E-state index in [1.54, 1.807) is 6.07 Å². The predicted molar refractivity (Wildman–Crippen MR) is 82.0 cm³/mol. The van der Waals surface area contributed by atoms with Crippen molar-refractivity contribution in [3.63, 3.8) is 0 Å². The van der Waals surface area contributed by atoms with Gasteiger partial charge in [0, 0.05) is 36.7 Å². The van der Waals surface area contributed by atoms with Crippen molar-refractivity contribution in [3.05, 3.63) is 41.4 Å². The van der Waals surface area contributed by atoms with Gasteiger partial charge in [-0.05, 0) is 25.0 Å². The van der Waals surface area contributed by atoms with E-state index < -0.39 is 0 Å². The third-order valence-corrected chi connectivity index (χ3v) is 4.31. The average molecular weight is 315 g/mol. The minimum atomic E-state index is -0.296. The maximum atomic E-state index is 13.4. The van der Waals surface area contributed by atoms with Gasteiger partial charge in [-0.2, -0.15) is 0 Å². The largest absolute Gasteiger partial charge is 0.360 e. The van der Waals surface area contributed by atoms with Gasteiger partial charge in [-0.1, -0.05) is 17.3 Å². The van der Waals surface area contributed by atoms with E-state index in [2.05, 4.69) is 15.4 Å². The summed E-state index contributed by atoms with van der Waals surface area (Å²) in [7, 11) is 0. The van der Waals surface area contributed by atoms with E-state index in [1.165, 1.54) is 12.1 Å². The molecule has 6 heteroatoms. The van der Waals surface area contributed by atoms with Crippen molar-refractivity contribution in [3.8, 4) is 11.3 Å². The first-order chi connectivity index (χ1) is 11.2. The van der Waals surface area contributed by atoms with Crippen LogP contribution in [0.3, 0.4) is 0 Å². The predicted octanol–water partition coefficient (Wildman–Crippen LogP) is 2.12. The molecule has 1 amide bonds. The Hall–Kier alpha value is -2.21. The second-order valence-electron chi connectivity index (χ2n) is 6.25. The van der Waals surface area contributed by atoms with Gasteiger partial charge >= 0.3 is 0 Å². The first-order valence-corrected chi connectivity index (χ1v) is 7.94. The average Bonchev–Trinajstić information content (AvgIpc) is 3.23. The fourth-order valence-corrected chi connectivity index (χ4v) is 2.97. The number of nitrogens with one attached hydrogen (secondary N) is 1. The highest BCUT2D eigenvalue weighted by molar-refractivity contribution is 5.78. The molecule has 2 aromatic rings. The lowest BCUT2D eigenvalue weighted by Gasteiger charge is -2.25. The molecule has 1 aliphatic heterocycles. The Kier molecular flexibility index (Phi) is 3.61. The van der Waals surface area contributed by atoms with Crippen molar-refractivity contribution < 1.29 is 13.7 Å². The van der Waals surface area contributed by atoms with Crippen molar-refractivity contribution in [2.75, 3.05) is 13.1 Å². The second kappa shape index (κ2) is 5.77. The topological polar surface area (TPSA) is 58.4 Å². The third kappa shape index (κ3) is 3.12. The van der Waals surface area contributed by atoms with Gasteiger partial charge in [0.05, 0.1) is 6.54 Å². The number of hydrogen-bond acceptors (Lipinski definition) is 4. The first kappa shape index (κ1) is 14.4. The molecule has 0 atom stereocenters. The van der Waals surface area contributed by atoms with Crippen molar-refractivity contribution in [2.45, 2.75) is 31.8 Å². The van der Waals surface area contributed by atoms with E-state index in [-0.39, 0.29) is 11.7 Å². The summed E-state index contributed by atoms with van der Waals surface area (Å²) in [5.41, 5.74) is 2.34. The van der Waals surface area contributed by atoms with Gasteiger partial charge in [-0.15, -0.1) is 0 Å². The molecule has 1 aliphatic carbocycles. The van der Waals surface area contributed by atoms with E-state index in [0.29, 0.717) is 36.8 Å². The lowest BCUT2D eigenvalue weighted by atomic mass is 10.0. The molecule has 1 N–H and O–H groups in total. The molecule has 4 rings (SSSR count). The van der Waals surface area contributed by atoms with Crippen LogP contribution in [0.15, 0.2) is 28.8 Å². The van der Waals surface area contributed by atoms with Crippen molar-refractivity contribution in [2.24, 2.45) is 0 Å². The minimum Gasteiger partial charge on any atom is -0.360 e. The number of aromatic nitrogens is 1. The fourth-order valence-electron chi connectivity index (χ4n) is 2.97. The highest BCUT2D eigenvalue weighted by atomic mass is 19.1. The molecule has 0 unspecified atom stereocenters. The minimum absolute atomic E-state index is 0.0692. The molecule has 2 heterocycles. The summed E-state index contributed by atoms with van der Waals surface area (Å²) in [4.78, 5) is 14.1. The first-order valence-electron chi connectivity index (χ1n) is 7.94. The van der Waals surface area contributed by atoms with Crippen molar-refractivity contribution >= 4 is 5.91 Å². The molecular weight excluding hydrogens is 297 g/mol. The van der Waals surface area contributed by atoms with Crippen molar-refractivity contribution in [1.82, 2.24) is 15.4 Å². The monoisotopic (exact) mass is 315 g/mol. The fraction of sp³-hybridized carbons (Fsp3) is 0.412. The second-order valence-corrected chi connectivity index (χ2v) is 6.25. The highest BCUT2D eigenvalue weighted by Crippen LogP contribution is 2.30. The number of carbonyl (C=O) groups excluding carboxylic acids is 1. The molecule has 0 radical (unpaired) electrons. The van der Waals surface area contributed by atoms with E-state index in [9.17, 15) is 9.18 Å². The molecule has 1 aromatic heterocycles. The summed E-state index contributed by atoms with van der Waals surface area (Å²) >= 11 is 0. The number of rotatable bonds is 4. The third-order valence-electron chi connectivity index (χ3n) is 4.31. The van der Waals surface area contributed by atoms with Crippen LogP contribution < -0.4 is 5.32 Å². The van der Waals surface area contributed by atoms with Crippen LogP contribution in [-0.2, 0) is 17.8 Å². The van der Waals surface area contributed by atoms with Gasteiger partial charge < -0.3 is 9.84 Å². The van der Waals surface area contributed by atoms with Crippen LogP contribution in [0.25, 0.3) is 11.3 Å². The van der Waals surface area contributed by atoms with Crippen LogP contribution in [0.5, 0.6) is 0 Å². The van der Waals surface area contributed by atoms with E-state index >= 15 is 0 Å². The number of carbonyl (C=O) groups is 1. The van der Waals surface area contributed by atoms with Crippen LogP contribution in [0.2, 0.25) is 0 Å². The van der Waals surface area contributed by atoms with Gasteiger partial charge in [-0.25, -0.2) is 4.39 Å². The molecular formula is C17H18FN3O2. The molecule has 2 aliphatic rings. The normalized spacial score (nSPS) is 17.8. The number of fused-ring (bicyclic) bond motifs is 1. The van der Waals surface area contributed by atoms with Crippen LogP contribution >= 0.6 is 0 Å². The summed E-state index contributed by atoms with van der Waals surface area (Å²) < 4.78 is 18.9. The maximum Gasteiger partial charge on any atom is 0.234 e. The van der Waals surface area contributed by atoms with E-state index in [1.807, 2.05) is 6.07 Å². The van der Waals surface area contributed by atoms with Crippen molar-refractivity contribution in [1.29, 1.82) is 0 Å². The summed E-state index contributed by atoms with van der Waals surface area (Å²) in [6.07, 6.45) is 2.89. The van der Waals surface area contributed by atoms with Gasteiger partial charge in [0.1, 0.15) is 17.3 Å². The Morgan fingerprint density at radius 3 is 3.09 bits per heavy atom. The van der Waals surface area contributed by atoms with Gasteiger partial charge in [0.25, 0.3) is 0 Å². The number of hydrogen-bond donors (Lipinski definition) is 1. The van der Waals surface area contributed by atoms with Gasteiger partial charge in [-0.3, -0.25) is 9.69 Å². The van der Waals surface area contributed by atoms with Gasteiger partial charge in [0.2, 0.25) is 5.91 Å². The Balaban J connectivity index is 1.51. The standard InChI is InChI=1S/C17H18FN3O2/c18-12-3-1-2-11(8-12)17-14-9-21(7-6-15(14)23-20-17)10-16(22)19-13-4-5-13/h1-3,8,13H,4-7,9-10H2,(H,19,22). The summed E-state index contributed by atoms with van der Waals surface area (Å²) in [6.45, 7) is 1.75. The molecule has 23 heavy (non-hydrogen) atoms. The molecule has 120 valence electrons. The quantitative estimate of drug-likeness (QED) is 0.939. The van der Waals surface area contributed by atoms with Crippen LogP contribution in [0.4, 0.5) is 4.39 Å². The summed E-state index contributed by atoms with van der Waals surface area (Å²) in [5, 5.41) is 7.12. The molecule has 0 spiro atoms. The Labute approximate surface area is 133 Å². The molecule has 1 aromatic carbocycles. The highest BCUT2D eigenvalue weighted by Gasteiger charge is 2.28. The smallest absolute Gasteiger partial charge is 0.234 e. The van der Waals surface area contributed by atoms with Crippen LogP contribution in [0, 0.1) is 5.82 Å². The van der Waals surface area contributed by atoms with Gasteiger partial charge in [0.15, 0.2) is 0 Å². The zero-order valence-corrected chi connectivity index (χ0v) is 12.7. The lowest BCUT2D eigenvalue weighted by Crippen LogP contribution is -2.40. The summed E-state index contributed by atoms with van der Waals surface area (Å²) in [6, 6.07) is 6.72. The maximum absolute atomic E-state index is 13.4. The number of amides is 1. The lowest BCUT2D eigenvalue weighted by molar-refractivity contribution is -0.122. The molecule has 1 fully saturated rings. The number of nitrogens with zero attached hydrogens (tertiary/aromatic N) is 2. The van der Waals surface area contributed by atoms with E-state index in [4.69, 9.17) is 4.52 Å². The number of halogens is 1. The zero-order valence-electron chi connectivity index (χ0n) is 12.7. The van der Waals surface area contributed by atoms with Crippen LogP contribution in [-0.4, -0.2) is 35.1 Å². The molecule has 5 nitrogen and oxygen atoms in total. The molecule has 1 saturated carbocycles. The van der Waals surface area contributed by atoms with Crippen LogP contribution in [0.1, 0.15) is 24.2 Å². The Morgan fingerprint density at radius 2 is 2.30 bits per heavy atom. The molecule has 0 saturated heterocycles. The SMILES string of the molecule is O=C(CN1CCc2onc(-c3cccc(F)c3)c2C1)NC1CC1. The Bertz CT molecular complexity index is 739. The summed E-state index contributed by atoms with van der Waals surface area (Å²) in [5.74, 6) is 0.610. The molecule has 0 bridgehead atoms. The number of benzene rings is 1.